The van der Waals surface area contributed by atoms with Crippen LogP contribution in [0.3, 0.4) is 0 Å². The fourth-order valence-electron chi connectivity index (χ4n) is 1.75. The number of nitrogens with one attached hydrogen (secondary N) is 1. The molecule has 1 N–H and O–H groups in total. The fourth-order valence-corrected chi connectivity index (χ4v) is 2.11. The van der Waals surface area contributed by atoms with Gasteiger partial charge in [-0.3, -0.25) is 4.79 Å². The number of aryl methyl sites for hydroxylation is 2. The van der Waals surface area contributed by atoms with Gasteiger partial charge in [-0.05, 0) is 44.2 Å². The van der Waals surface area contributed by atoms with Gasteiger partial charge in [0.15, 0.2) is 5.82 Å². The Labute approximate surface area is 128 Å². The maximum atomic E-state index is 12.1. The predicted octanol–water partition coefficient (Wildman–Crippen LogP) is 3.11. The van der Waals surface area contributed by atoms with E-state index in [-0.39, 0.29) is 5.91 Å². The van der Waals surface area contributed by atoms with Crippen LogP contribution in [0.15, 0.2) is 30.3 Å². The summed E-state index contributed by atoms with van der Waals surface area (Å²) in [6, 6.07) is 8.50. The second-order valence-electron chi connectivity index (χ2n) is 4.39. The number of benzene rings is 1. The van der Waals surface area contributed by atoms with Crippen molar-refractivity contribution >= 4 is 30.1 Å². The van der Waals surface area contributed by atoms with Crippen molar-refractivity contribution in [1.29, 1.82) is 0 Å². The summed E-state index contributed by atoms with van der Waals surface area (Å²) in [6.45, 7) is 3.75. The van der Waals surface area contributed by atoms with Crippen LogP contribution in [-0.4, -0.2) is 15.9 Å². The molecule has 0 bridgehead atoms. The summed E-state index contributed by atoms with van der Waals surface area (Å²) >= 11 is 10.1. The third-order valence-electron chi connectivity index (χ3n) is 2.62. The highest BCUT2D eigenvalue weighted by Crippen LogP contribution is 2.15. The molecule has 6 heteroatoms. The van der Waals surface area contributed by atoms with Crippen molar-refractivity contribution in [1.82, 2.24) is 15.3 Å². The van der Waals surface area contributed by atoms with Crippen molar-refractivity contribution in [3.8, 4) is 0 Å². The van der Waals surface area contributed by atoms with Gasteiger partial charge in [0.05, 0.1) is 0 Å². The number of nitrogens with zero attached hydrogens (tertiary/aromatic N) is 2. The van der Waals surface area contributed by atoms with E-state index < -0.39 is 5.37 Å². The Kier molecular flexibility index (Phi) is 4.62. The molecule has 0 aliphatic heterocycles. The van der Waals surface area contributed by atoms with Gasteiger partial charge < -0.3 is 5.32 Å². The highest BCUT2D eigenvalue weighted by atomic mass is 35.5. The van der Waals surface area contributed by atoms with Crippen LogP contribution in [-0.2, 0) is 0 Å². The summed E-state index contributed by atoms with van der Waals surface area (Å²) in [5.74, 6) is 0.234. The first-order chi connectivity index (χ1) is 9.45. The van der Waals surface area contributed by atoms with Crippen LogP contribution in [0, 0.1) is 13.8 Å². The summed E-state index contributed by atoms with van der Waals surface area (Å²) in [7, 11) is 0. The number of carbonyl (C=O) groups is 1. The summed E-state index contributed by atoms with van der Waals surface area (Å²) in [5.41, 5.74) is 2.19. The molecule has 2 aromatic rings. The molecular formula is C14H14ClN3OS. The van der Waals surface area contributed by atoms with Gasteiger partial charge >= 0.3 is 0 Å². The molecule has 0 radical (unpaired) electrons. The van der Waals surface area contributed by atoms with Gasteiger partial charge in [-0.15, -0.1) is 12.6 Å². The molecule has 104 valence electrons. The van der Waals surface area contributed by atoms with E-state index in [2.05, 4.69) is 27.9 Å². The molecule has 0 aliphatic carbocycles. The van der Waals surface area contributed by atoms with Gasteiger partial charge in [0.1, 0.15) is 5.37 Å². The number of hydrogen-bond donors (Lipinski definition) is 2. The van der Waals surface area contributed by atoms with Gasteiger partial charge in [0.25, 0.3) is 5.91 Å². The number of rotatable bonds is 3. The first-order valence-electron chi connectivity index (χ1n) is 6.02. The van der Waals surface area contributed by atoms with Crippen LogP contribution in [0.4, 0.5) is 0 Å². The summed E-state index contributed by atoms with van der Waals surface area (Å²) in [6.07, 6.45) is 0. The lowest BCUT2D eigenvalue weighted by Crippen LogP contribution is -2.26. The molecule has 0 aliphatic rings. The third-order valence-corrected chi connectivity index (χ3v) is 3.23. The van der Waals surface area contributed by atoms with Gasteiger partial charge in [0, 0.05) is 22.0 Å². The summed E-state index contributed by atoms with van der Waals surface area (Å²) in [5, 5.41) is 2.77. The van der Waals surface area contributed by atoms with Gasteiger partial charge in [-0.2, -0.15) is 0 Å². The minimum absolute atomic E-state index is 0.246. The van der Waals surface area contributed by atoms with Crippen molar-refractivity contribution < 1.29 is 4.79 Å². The van der Waals surface area contributed by atoms with E-state index in [1.54, 1.807) is 24.3 Å². The highest BCUT2D eigenvalue weighted by Gasteiger charge is 2.15. The first-order valence-corrected chi connectivity index (χ1v) is 6.92. The maximum Gasteiger partial charge on any atom is 0.252 e. The van der Waals surface area contributed by atoms with E-state index in [1.807, 2.05) is 19.9 Å². The number of carbonyl (C=O) groups excluding carboxylic acids is 1. The first kappa shape index (κ1) is 14.8. The Bertz CT molecular complexity index is 611. The molecular weight excluding hydrogens is 294 g/mol. The van der Waals surface area contributed by atoms with Crippen molar-refractivity contribution in [2.24, 2.45) is 0 Å². The van der Waals surface area contributed by atoms with Crippen molar-refractivity contribution in [2.75, 3.05) is 0 Å². The molecule has 1 amide bonds. The van der Waals surface area contributed by atoms with E-state index in [4.69, 9.17) is 11.6 Å². The van der Waals surface area contributed by atoms with E-state index in [9.17, 15) is 4.79 Å². The summed E-state index contributed by atoms with van der Waals surface area (Å²) in [4.78, 5) is 20.6. The Balaban J connectivity index is 2.12. The third kappa shape index (κ3) is 3.71. The van der Waals surface area contributed by atoms with E-state index in [0.29, 0.717) is 16.4 Å². The number of thiol groups is 1. The SMILES string of the molecule is Cc1cc(C)nc(C(S)NC(=O)c2ccc(Cl)cc2)n1. The zero-order valence-electron chi connectivity index (χ0n) is 11.1. The molecule has 0 saturated carbocycles. The zero-order chi connectivity index (χ0) is 14.7. The van der Waals surface area contributed by atoms with Crippen molar-refractivity contribution in [3.63, 3.8) is 0 Å². The van der Waals surface area contributed by atoms with Gasteiger partial charge in [-0.1, -0.05) is 11.6 Å². The molecule has 1 atom stereocenters. The Hall–Kier alpha value is -1.59. The van der Waals surface area contributed by atoms with Crippen molar-refractivity contribution in [2.45, 2.75) is 19.2 Å². The molecule has 1 heterocycles. The largest absolute Gasteiger partial charge is 0.333 e. The molecule has 0 spiro atoms. The standard InChI is InChI=1S/C14H14ClN3OS/c1-8-7-9(2)17-12(16-8)14(20)18-13(19)10-3-5-11(15)6-4-10/h3-7,14,20H,1-2H3,(H,18,19). The van der Waals surface area contributed by atoms with Gasteiger partial charge in [0.2, 0.25) is 0 Å². The number of hydrogen-bond acceptors (Lipinski definition) is 4. The van der Waals surface area contributed by atoms with Gasteiger partial charge in [-0.25, -0.2) is 9.97 Å². The molecule has 1 unspecified atom stereocenters. The average Bonchev–Trinajstić information content (AvgIpc) is 2.38. The number of amides is 1. The maximum absolute atomic E-state index is 12.1. The lowest BCUT2D eigenvalue weighted by atomic mass is 10.2. The topological polar surface area (TPSA) is 54.9 Å². The lowest BCUT2D eigenvalue weighted by Gasteiger charge is -2.13. The van der Waals surface area contributed by atoms with Crippen LogP contribution < -0.4 is 5.32 Å². The molecule has 1 aromatic heterocycles. The predicted molar refractivity (Wildman–Crippen MR) is 82.2 cm³/mol. The minimum atomic E-state index is -0.559. The highest BCUT2D eigenvalue weighted by molar-refractivity contribution is 7.80. The van der Waals surface area contributed by atoms with E-state index in [0.717, 1.165) is 11.4 Å². The quantitative estimate of drug-likeness (QED) is 0.677. The smallest absolute Gasteiger partial charge is 0.252 e. The molecule has 4 nitrogen and oxygen atoms in total. The van der Waals surface area contributed by atoms with Crippen LogP contribution >= 0.6 is 24.2 Å². The van der Waals surface area contributed by atoms with Crippen LogP contribution in [0.5, 0.6) is 0 Å². The Morgan fingerprint density at radius 1 is 1.20 bits per heavy atom. The second kappa shape index (κ2) is 6.24. The van der Waals surface area contributed by atoms with Crippen molar-refractivity contribution in [3.05, 3.63) is 58.1 Å². The minimum Gasteiger partial charge on any atom is -0.333 e. The number of halogens is 1. The lowest BCUT2D eigenvalue weighted by molar-refractivity contribution is 0.0948. The van der Waals surface area contributed by atoms with Crippen LogP contribution in [0.25, 0.3) is 0 Å². The second-order valence-corrected chi connectivity index (χ2v) is 5.34. The van der Waals surface area contributed by atoms with E-state index >= 15 is 0 Å². The molecule has 0 saturated heterocycles. The molecule has 20 heavy (non-hydrogen) atoms. The monoisotopic (exact) mass is 307 g/mol. The average molecular weight is 308 g/mol. The number of aromatic nitrogens is 2. The summed E-state index contributed by atoms with van der Waals surface area (Å²) < 4.78 is 0. The molecule has 0 fully saturated rings. The Morgan fingerprint density at radius 3 is 2.30 bits per heavy atom. The molecule has 1 aromatic carbocycles. The molecule has 2 rings (SSSR count). The Morgan fingerprint density at radius 2 is 1.75 bits per heavy atom. The zero-order valence-corrected chi connectivity index (χ0v) is 12.7. The fraction of sp³-hybridized carbons (Fsp3) is 0.214. The van der Waals surface area contributed by atoms with Crippen LogP contribution in [0.1, 0.15) is 32.9 Å². The van der Waals surface area contributed by atoms with Crippen LogP contribution in [0.2, 0.25) is 5.02 Å². The van der Waals surface area contributed by atoms with E-state index in [1.165, 1.54) is 0 Å². The normalized spacial score (nSPS) is 12.0.